The summed E-state index contributed by atoms with van der Waals surface area (Å²) in [4.78, 5) is 102. The Balaban J connectivity index is 2.01. The molecule has 2 rings (SSSR count). The summed E-state index contributed by atoms with van der Waals surface area (Å²) >= 11 is 0. The zero-order valence-electron chi connectivity index (χ0n) is 36.4. The topological polar surface area (TPSA) is 222 Å². The molecule has 0 aromatic heterocycles. The molecule has 60 heavy (non-hydrogen) atoms. The molecule has 0 aliphatic heterocycles. The van der Waals surface area contributed by atoms with Crippen molar-refractivity contribution in [3.63, 3.8) is 0 Å². The summed E-state index contributed by atoms with van der Waals surface area (Å²) in [6.07, 6.45) is 1.20. The van der Waals surface area contributed by atoms with Crippen LogP contribution in [0.25, 0.3) is 0 Å². The molecule has 4 N–H and O–H groups in total. The Hall–Kier alpha value is -5.64. The number of hydrogen-bond donors (Lipinski definition) is 4. The van der Waals surface area contributed by atoms with Gasteiger partial charge in [0, 0.05) is 22.3 Å². The summed E-state index contributed by atoms with van der Waals surface area (Å²) in [7, 11) is 1.63. The molecule has 0 heterocycles. The van der Waals surface area contributed by atoms with Gasteiger partial charge in [0.1, 0.15) is 24.2 Å². The predicted octanol–water partition coefficient (Wildman–Crippen LogP) is 4.74. The summed E-state index contributed by atoms with van der Waals surface area (Å²) in [6, 6.07) is 7.74. The highest BCUT2D eigenvalue weighted by Gasteiger charge is 2.29. The molecular weight excluding hydrogens is 776 g/mol. The van der Waals surface area contributed by atoms with Crippen molar-refractivity contribution in [3.05, 3.63) is 70.8 Å². The van der Waals surface area contributed by atoms with E-state index in [0.717, 1.165) is 0 Å². The van der Waals surface area contributed by atoms with Crippen LogP contribution in [0.1, 0.15) is 129 Å². The molecular formula is C44H62N4O12. The van der Waals surface area contributed by atoms with Crippen LogP contribution in [0.3, 0.4) is 0 Å². The third kappa shape index (κ3) is 17.7. The first-order valence-electron chi connectivity index (χ1n) is 20.2. The molecule has 2 aromatic carbocycles. The molecule has 0 fully saturated rings. The molecule has 16 nitrogen and oxygen atoms in total. The molecule has 0 saturated carbocycles. The number of hydrogen-bond acceptors (Lipinski definition) is 13. The van der Waals surface area contributed by atoms with Gasteiger partial charge in [-0.15, -0.1) is 0 Å². The van der Waals surface area contributed by atoms with Crippen LogP contribution in [-0.4, -0.2) is 92.2 Å². The highest BCUT2D eigenvalue weighted by atomic mass is 16.7. The van der Waals surface area contributed by atoms with Crippen LogP contribution in [0, 0.1) is 23.7 Å². The Morgan fingerprint density at radius 2 is 0.650 bits per heavy atom. The summed E-state index contributed by atoms with van der Waals surface area (Å²) in [5.41, 5.74) is 0.941. The molecule has 0 radical (unpaired) electrons. The van der Waals surface area contributed by atoms with Gasteiger partial charge >= 0.3 is 23.9 Å². The van der Waals surface area contributed by atoms with E-state index in [1.165, 1.54) is 55.5 Å². The fourth-order valence-corrected chi connectivity index (χ4v) is 5.91. The normalized spacial score (nSPS) is 13.2. The summed E-state index contributed by atoms with van der Waals surface area (Å²) < 4.78 is 20.8. The van der Waals surface area contributed by atoms with Crippen molar-refractivity contribution in [1.82, 2.24) is 21.3 Å². The van der Waals surface area contributed by atoms with Crippen molar-refractivity contribution in [1.29, 1.82) is 0 Å². The van der Waals surface area contributed by atoms with Crippen molar-refractivity contribution in [2.75, 3.05) is 20.6 Å². The Morgan fingerprint density at radius 1 is 0.417 bits per heavy atom. The van der Waals surface area contributed by atoms with Gasteiger partial charge in [0.05, 0.1) is 0 Å². The van der Waals surface area contributed by atoms with E-state index in [4.69, 9.17) is 18.9 Å². The van der Waals surface area contributed by atoms with E-state index in [1.54, 1.807) is 7.05 Å². The van der Waals surface area contributed by atoms with Gasteiger partial charge in [0.2, 0.25) is 13.6 Å². The van der Waals surface area contributed by atoms with Gasteiger partial charge in [-0.1, -0.05) is 67.5 Å². The van der Waals surface area contributed by atoms with Crippen molar-refractivity contribution in [2.45, 2.75) is 112 Å². The highest BCUT2D eigenvalue weighted by Crippen LogP contribution is 2.14. The molecule has 330 valence electrons. The number of carbonyl (C=O) groups excluding carboxylic acids is 8. The number of benzene rings is 2. The molecule has 16 heteroatoms. The quantitative estimate of drug-likeness (QED) is 0.0638. The van der Waals surface area contributed by atoms with E-state index in [0.29, 0.717) is 12.0 Å². The molecule has 4 atom stereocenters. The van der Waals surface area contributed by atoms with E-state index in [9.17, 15) is 38.4 Å². The van der Waals surface area contributed by atoms with Gasteiger partial charge in [-0.05, 0) is 99.7 Å². The van der Waals surface area contributed by atoms with Gasteiger partial charge in [-0.25, -0.2) is 14.4 Å². The smallest absolute Gasteiger partial charge is 0.331 e. The average Bonchev–Trinajstić information content (AvgIpc) is 3.18. The monoisotopic (exact) mass is 838 g/mol. The summed E-state index contributed by atoms with van der Waals surface area (Å²) in [6.45, 7) is 15.1. The Kier molecular flexibility index (Phi) is 21.1. The average molecular weight is 839 g/mol. The van der Waals surface area contributed by atoms with Crippen LogP contribution in [0.2, 0.25) is 0 Å². The lowest BCUT2D eigenvalue weighted by Gasteiger charge is -2.21. The minimum atomic E-state index is -1.12. The van der Waals surface area contributed by atoms with Crippen LogP contribution in [0.5, 0.6) is 0 Å². The molecule has 2 aromatic rings. The van der Waals surface area contributed by atoms with Crippen LogP contribution in [-0.2, 0) is 38.1 Å². The number of amides is 3. The van der Waals surface area contributed by atoms with Crippen molar-refractivity contribution in [2.24, 2.45) is 23.7 Å². The fraction of sp³-hybridized carbons (Fsp3) is 0.545. The molecule has 3 amide bonds. The molecule has 0 bridgehead atoms. The molecule has 0 spiro atoms. The second-order valence-corrected chi connectivity index (χ2v) is 16.2. The SMILES string of the molecule is CNC(CC(C)C)C(=O)OCOC(=O)C(CC(C)C)NC(=O)c1ccc(C(=O)NC(CC(C)C)C(=O)OCOC(=O)C(CC(C)C)NC(=O)c2ccc(C(C)=O)cc2)cc1. The number of rotatable bonds is 24. The van der Waals surface area contributed by atoms with Crippen LogP contribution in [0.15, 0.2) is 48.5 Å². The van der Waals surface area contributed by atoms with Crippen LogP contribution in [0.4, 0.5) is 0 Å². The summed E-state index contributed by atoms with van der Waals surface area (Å²) in [5.74, 6) is -4.82. The molecule has 0 saturated heterocycles. The first kappa shape index (κ1) is 50.5. The fourth-order valence-electron chi connectivity index (χ4n) is 5.91. The van der Waals surface area contributed by atoms with Gasteiger partial charge in [0.15, 0.2) is 5.78 Å². The highest BCUT2D eigenvalue weighted by molar-refractivity contribution is 6.01. The lowest BCUT2D eigenvalue weighted by atomic mass is 10.0. The second kappa shape index (κ2) is 25.1. The number of ketones is 1. The maximum Gasteiger partial charge on any atom is 0.331 e. The van der Waals surface area contributed by atoms with E-state index in [1.807, 2.05) is 55.4 Å². The first-order chi connectivity index (χ1) is 28.2. The minimum Gasteiger partial charge on any atom is -0.427 e. The number of ether oxygens (including phenoxy) is 4. The molecule has 4 unspecified atom stereocenters. The Morgan fingerprint density at radius 3 is 0.883 bits per heavy atom. The standard InChI is InChI=1S/C44H62N4O12/c1-25(2)19-34(45-10)41(53)57-23-58-42(54)35(20-26(3)4)47-39(51)32-15-17-33(18-16-32)40(52)48-37(22-28(7)8)44(56)60-24-59-43(55)36(21-27(5)6)46-38(50)31-13-11-30(12-14-31)29(9)49/h11-18,25-28,34-37,45H,19-24H2,1-10H3,(H,46,50)(H,47,51)(H,48,52). The molecule has 0 aliphatic rings. The van der Waals surface area contributed by atoms with E-state index < -0.39 is 79.4 Å². The number of esters is 4. The van der Waals surface area contributed by atoms with Crippen molar-refractivity contribution < 1.29 is 57.3 Å². The lowest BCUT2D eigenvalue weighted by Crippen LogP contribution is -2.44. The van der Waals surface area contributed by atoms with E-state index >= 15 is 0 Å². The van der Waals surface area contributed by atoms with Gasteiger partial charge < -0.3 is 40.2 Å². The number of nitrogens with one attached hydrogen (secondary N) is 4. The van der Waals surface area contributed by atoms with Crippen LogP contribution < -0.4 is 21.3 Å². The van der Waals surface area contributed by atoms with Crippen molar-refractivity contribution >= 4 is 47.4 Å². The van der Waals surface area contributed by atoms with Gasteiger partial charge in [-0.3, -0.25) is 24.0 Å². The first-order valence-corrected chi connectivity index (χ1v) is 20.2. The number of Topliss-reactive ketones (excluding diaryl/α,β-unsaturated/α-hetero) is 1. The van der Waals surface area contributed by atoms with Gasteiger partial charge in [0.25, 0.3) is 17.7 Å². The van der Waals surface area contributed by atoms with E-state index in [2.05, 4.69) is 21.3 Å². The Labute approximate surface area is 352 Å². The third-order valence-corrected chi connectivity index (χ3v) is 9.00. The molecule has 0 aliphatic carbocycles. The number of likely N-dealkylation sites (N-methyl/N-ethyl adjacent to an activating group) is 1. The Bertz CT molecular complexity index is 1770. The zero-order chi connectivity index (χ0) is 45.1. The van der Waals surface area contributed by atoms with Crippen molar-refractivity contribution in [3.8, 4) is 0 Å². The second-order valence-electron chi connectivity index (χ2n) is 16.2. The minimum absolute atomic E-state index is 0.00644. The third-order valence-electron chi connectivity index (χ3n) is 9.00. The summed E-state index contributed by atoms with van der Waals surface area (Å²) in [5, 5.41) is 10.8. The zero-order valence-corrected chi connectivity index (χ0v) is 36.4. The maximum absolute atomic E-state index is 13.3. The van der Waals surface area contributed by atoms with Crippen LogP contribution >= 0.6 is 0 Å². The lowest BCUT2D eigenvalue weighted by molar-refractivity contribution is -0.172. The largest absolute Gasteiger partial charge is 0.427 e. The van der Waals surface area contributed by atoms with Gasteiger partial charge in [-0.2, -0.15) is 0 Å². The predicted molar refractivity (Wildman–Crippen MR) is 221 cm³/mol. The maximum atomic E-state index is 13.3. The number of carbonyl (C=O) groups is 8. The van der Waals surface area contributed by atoms with E-state index in [-0.39, 0.29) is 65.4 Å².